The van der Waals surface area contributed by atoms with E-state index in [4.69, 9.17) is 10.5 Å². The van der Waals surface area contributed by atoms with Gasteiger partial charge in [0.05, 0.1) is 6.54 Å². The van der Waals surface area contributed by atoms with E-state index in [1.807, 2.05) is 0 Å². The molecule has 1 aromatic carbocycles. The van der Waals surface area contributed by atoms with E-state index in [-0.39, 0.29) is 11.7 Å². The number of nitrogens with one attached hydrogen (secondary N) is 1. The molecule has 0 saturated heterocycles. The second-order valence-corrected chi connectivity index (χ2v) is 3.19. The van der Waals surface area contributed by atoms with Gasteiger partial charge >= 0.3 is 0 Å². The van der Waals surface area contributed by atoms with E-state index >= 15 is 0 Å². The van der Waals surface area contributed by atoms with Crippen LogP contribution in [0.5, 0.6) is 5.75 Å². The molecule has 0 spiro atoms. The molecule has 1 aromatic rings. The summed E-state index contributed by atoms with van der Waals surface area (Å²) in [6.07, 6.45) is 0.306. The third-order valence-electron chi connectivity index (χ3n) is 1.86. The van der Waals surface area contributed by atoms with Crippen molar-refractivity contribution in [3.63, 3.8) is 0 Å². The van der Waals surface area contributed by atoms with Gasteiger partial charge in [-0.05, 0) is 12.1 Å². The molecule has 1 rings (SSSR count). The van der Waals surface area contributed by atoms with E-state index < -0.39 is 0 Å². The maximum atomic E-state index is 12.7. The van der Waals surface area contributed by atoms with Gasteiger partial charge in [-0.2, -0.15) is 0 Å². The predicted octanol–water partition coefficient (Wildman–Crippen LogP) is 0.669. The first-order chi connectivity index (χ1) is 7.72. The first-order valence-electron chi connectivity index (χ1n) is 5.07. The molecule has 0 atom stereocenters. The van der Waals surface area contributed by atoms with Gasteiger partial charge in [0.25, 0.3) is 0 Å². The Morgan fingerprint density at radius 1 is 1.50 bits per heavy atom. The maximum Gasteiger partial charge on any atom is 0.221 e. The van der Waals surface area contributed by atoms with Crippen LogP contribution in [0.25, 0.3) is 0 Å². The van der Waals surface area contributed by atoms with Gasteiger partial charge in [-0.3, -0.25) is 4.79 Å². The Hall–Kier alpha value is -1.62. The van der Waals surface area contributed by atoms with Gasteiger partial charge in [-0.1, -0.05) is 6.07 Å². The van der Waals surface area contributed by atoms with Gasteiger partial charge in [0, 0.05) is 19.0 Å². The average Bonchev–Trinajstić information content (AvgIpc) is 2.25. The highest BCUT2D eigenvalue weighted by Crippen LogP contribution is 2.11. The molecule has 4 nitrogen and oxygen atoms in total. The fourth-order valence-corrected chi connectivity index (χ4v) is 1.14. The van der Waals surface area contributed by atoms with Gasteiger partial charge in [0.15, 0.2) is 0 Å². The molecule has 0 fully saturated rings. The summed E-state index contributed by atoms with van der Waals surface area (Å²) in [5, 5.41) is 2.63. The predicted molar refractivity (Wildman–Crippen MR) is 58.6 cm³/mol. The van der Waals surface area contributed by atoms with E-state index in [9.17, 15) is 9.18 Å². The molecule has 0 unspecified atom stereocenters. The fraction of sp³-hybridized carbons (Fsp3) is 0.364. The highest BCUT2D eigenvalue weighted by molar-refractivity contribution is 5.75. The van der Waals surface area contributed by atoms with E-state index in [1.165, 1.54) is 12.1 Å². The first-order valence-corrected chi connectivity index (χ1v) is 5.07. The minimum absolute atomic E-state index is 0.106. The fourth-order valence-electron chi connectivity index (χ4n) is 1.14. The molecule has 0 aromatic heterocycles. The number of carbonyl (C=O) groups is 1. The summed E-state index contributed by atoms with van der Waals surface area (Å²) in [5.74, 6) is 0.00285. The van der Waals surface area contributed by atoms with Gasteiger partial charge in [0.2, 0.25) is 5.91 Å². The van der Waals surface area contributed by atoms with E-state index in [0.29, 0.717) is 31.9 Å². The van der Waals surface area contributed by atoms with Crippen LogP contribution in [0.3, 0.4) is 0 Å². The molecule has 3 N–H and O–H groups in total. The largest absolute Gasteiger partial charge is 0.492 e. The van der Waals surface area contributed by atoms with Gasteiger partial charge in [-0.25, -0.2) is 4.39 Å². The van der Waals surface area contributed by atoms with Crippen LogP contribution in [-0.2, 0) is 4.79 Å². The Morgan fingerprint density at radius 3 is 3.00 bits per heavy atom. The summed E-state index contributed by atoms with van der Waals surface area (Å²) in [7, 11) is 0. The van der Waals surface area contributed by atoms with Crippen LogP contribution < -0.4 is 15.8 Å². The van der Waals surface area contributed by atoms with Gasteiger partial charge < -0.3 is 15.8 Å². The van der Waals surface area contributed by atoms with Crippen molar-refractivity contribution in [3.8, 4) is 5.75 Å². The third kappa shape index (κ3) is 4.75. The standard InChI is InChI=1S/C11H15FN2O2/c12-9-2-1-3-10(8-9)16-7-6-14-11(15)4-5-13/h1-3,8H,4-7,13H2,(H,14,15). The molecule has 0 bridgehead atoms. The highest BCUT2D eigenvalue weighted by atomic mass is 19.1. The number of halogens is 1. The van der Waals surface area contributed by atoms with Crippen molar-refractivity contribution in [1.82, 2.24) is 5.32 Å². The molecule has 1 amide bonds. The Bertz CT molecular complexity index is 345. The lowest BCUT2D eigenvalue weighted by Crippen LogP contribution is -2.29. The van der Waals surface area contributed by atoms with Crippen LogP contribution in [0.4, 0.5) is 4.39 Å². The maximum absolute atomic E-state index is 12.7. The van der Waals surface area contributed by atoms with Crippen LogP contribution in [0.2, 0.25) is 0 Å². The van der Waals surface area contributed by atoms with E-state index in [0.717, 1.165) is 0 Å². The van der Waals surface area contributed by atoms with Crippen LogP contribution in [0, 0.1) is 5.82 Å². The molecule has 0 saturated carbocycles. The topological polar surface area (TPSA) is 64.4 Å². The number of ether oxygens (including phenoxy) is 1. The van der Waals surface area contributed by atoms with Gasteiger partial charge in [0.1, 0.15) is 18.2 Å². The summed E-state index contributed by atoms with van der Waals surface area (Å²) in [5.41, 5.74) is 5.21. The lowest BCUT2D eigenvalue weighted by Gasteiger charge is -2.07. The molecular weight excluding hydrogens is 211 g/mol. The second kappa shape index (κ2) is 6.79. The van der Waals surface area contributed by atoms with Crippen LogP contribution in [0.1, 0.15) is 6.42 Å². The summed E-state index contributed by atoms with van der Waals surface area (Å²) in [4.78, 5) is 11.0. The van der Waals surface area contributed by atoms with Gasteiger partial charge in [-0.15, -0.1) is 0 Å². The Labute approximate surface area is 93.6 Å². The number of amides is 1. The molecule has 0 aliphatic carbocycles. The first kappa shape index (κ1) is 12.4. The zero-order valence-electron chi connectivity index (χ0n) is 8.91. The molecule has 88 valence electrons. The Morgan fingerprint density at radius 2 is 2.31 bits per heavy atom. The summed E-state index contributed by atoms with van der Waals surface area (Å²) < 4.78 is 18.0. The quantitative estimate of drug-likeness (QED) is 0.701. The smallest absolute Gasteiger partial charge is 0.221 e. The number of nitrogens with two attached hydrogens (primary N) is 1. The van der Waals surface area contributed by atoms with E-state index in [2.05, 4.69) is 5.32 Å². The van der Waals surface area contributed by atoms with Crippen LogP contribution in [-0.4, -0.2) is 25.6 Å². The normalized spacial score (nSPS) is 9.88. The minimum atomic E-state index is -0.343. The van der Waals surface area contributed by atoms with Crippen molar-refractivity contribution in [3.05, 3.63) is 30.1 Å². The van der Waals surface area contributed by atoms with Crippen LogP contribution >= 0.6 is 0 Å². The van der Waals surface area contributed by atoms with Crippen molar-refractivity contribution < 1.29 is 13.9 Å². The number of hydrogen-bond donors (Lipinski definition) is 2. The Kier molecular flexibility index (Phi) is 5.28. The van der Waals surface area contributed by atoms with Crippen molar-refractivity contribution in [2.24, 2.45) is 5.73 Å². The van der Waals surface area contributed by atoms with Crippen molar-refractivity contribution in [2.45, 2.75) is 6.42 Å². The number of carbonyl (C=O) groups excluding carboxylic acids is 1. The summed E-state index contributed by atoms with van der Waals surface area (Å²) in [6, 6.07) is 5.86. The Balaban J connectivity index is 2.18. The average molecular weight is 226 g/mol. The number of benzene rings is 1. The van der Waals surface area contributed by atoms with Crippen molar-refractivity contribution in [2.75, 3.05) is 19.7 Å². The molecule has 0 heterocycles. The van der Waals surface area contributed by atoms with Crippen molar-refractivity contribution >= 4 is 5.91 Å². The molecular formula is C11H15FN2O2. The molecule has 0 radical (unpaired) electrons. The lowest BCUT2D eigenvalue weighted by atomic mass is 10.3. The third-order valence-corrected chi connectivity index (χ3v) is 1.86. The molecule has 0 aliphatic rings. The number of rotatable bonds is 6. The summed E-state index contributed by atoms with van der Waals surface area (Å²) in [6.45, 7) is 1.02. The van der Waals surface area contributed by atoms with Crippen LogP contribution in [0.15, 0.2) is 24.3 Å². The second-order valence-electron chi connectivity index (χ2n) is 3.19. The minimum Gasteiger partial charge on any atom is -0.492 e. The summed E-state index contributed by atoms with van der Waals surface area (Å²) >= 11 is 0. The monoisotopic (exact) mass is 226 g/mol. The molecule has 16 heavy (non-hydrogen) atoms. The zero-order valence-corrected chi connectivity index (χ0v) is 8.91. The highest BCUT2D eigenvalue weighted by Gasteiger charge is 1.99. The number of hydrogen-bond acceptors (Lipinski definition) is 3. The lowest BCUT2D eigenvalue weighted by molar-refractivity contribution is -0.120. The SMILES string of the molecule is NCCC(=O)NCCOc1cccc(F)c1. The molecule has 0 aliphatic heterocycles. The van der Waals surface area contributed by atoms with E-state index in [1.54, 1.807) is 12.1 Å². The van der Waals surface area contributed by atoms with Crippen molar-refractivity contribution in [1.29, 1.82) is 0 Å². The zero-order chi connectivity index (χ0) is 11.8. The molecule has 5 heteroatoms.